The molecule has 2 aliphatic rings. The van der Waals surface area contributed by atoms with Gasteiger partial charge < -0.3 is 5.32 Å². The van der Waals surface area contributed by atoms with E-state index in [1.165, 1.54) is 11.6 Å². The minimum Gasteiger partial charge on any atom is -0.340 e. The number of hydrogen-bond acceptors (Lipinski definition) is 4. The standard InChI is InChI=1S/C22H16BrN3O3/c1-25-20-17(21(28)26(2)22(25)29)15(11-7-9-12(23)10-8-11)16-18(24-20)13-5-3-4-6-14(13)19(16)27/h3-10,15,24H,1-2H3/t15-/m0/s1. The second kappa shape index (κ2) is 6.15. The Kier molecular flexibility index (Phi) is 3.79. The van der Waals surface area contributed by atoms with Crippen molar-refractivity contribution in [2.24, 2.45) is 14.1 Å². The number of hydrogen-bond donors (Lipinski definition) is 1. The minimum absolute atomic E-state index is 0.0995. The Bertz CT molecular complexity index is 1360. The van der Waals surface area contributed by atoms with Gasteiger partial charge in [-0.15, -0.1) is 0 Å². The molecule has 0 saturated carbocycles. The van der Waals surface area contributed by atoms with Gasteiger partial charge in [-0.25, -0.2) is 4.79 Å². The monoisotopic (exact) mass is 449 g/mol. The topological polar surface area (TPSA) is 73.1 Å². The van der Waals surface area contributed by atoms with Gasteiger partial charge in [-0.05, 0) is 17.7 Å². The van der Waals surface area contributed by atoms with Crippen LogP contribution in [-0.2, 0) is 14.1 Å². The summed E-state index contributed by atoms with van der Waals surface area (Å²) in [5, 5.41) is 3.23. The van der Waals surface area contributed by atoms with Crippen LogP contribution in [0.15, 0.2) is 68.2 Å². The van der Waals surface area contributed by atoms with Crippen LogP contribution in [0.1, 0.15) is 33.0 Å². The molecule has 1 aliphatic carbocycles. The second-order valence-corrected chi connectivity index (χ2v) is 8.16. The third-order valence-corrected chi connectivity index (χ3v) is 6.21. The Hall–Kier alpha value is -3.19. The van der Waals surface area contributed by atoms with Crippen molar-refractivity contribution < 1.29 is 4.79 Å². The first-order chi connectivity index (χ1) is 13.9. The van der Waals surface area contributed by atoms with E-state index in [9.17, 15) is 14.4 Å². The van der Waals surface area contributed by atoms with Crippen LogP contribution >= 0.6 is 15.9 Å². The lowest BCUT2D eigenvalue weighted by atomic mass is 9.81. The summed E-state index contributed by atoms with van der Waals surface area (Å²) in [5.41, 5.74) is 2.98. The smallest absolute Gasteiger partial charge is 0.332 e. The van der Waals surface area contributed by atoms with E-state index in [0.29, 0.717) is 28.2 Å². The molecule has 1 atom stereocenters. The second-order valence-electron chi connectivity index (χ2n) is 7.24. The molecule has 0 bridgehead atoms. The van der Waals surface area contributed by atoms with Crippen LogP contribution in [0.5, 0.6) is 0 Å². The van der Waals surface area contributed by atoms with Gasteiger partial charge in [0.25, 0.3) is 5.56 Å². The third-order valence-electron chi connectivity index (χ3n) is 5.68. The van der Waals surface area contributed by atoms with Crippen molar-refractivity contribution in [3.63, 3.8) is 0 Å². The normalized spacial score (nSPS) is 16.9. The SMILES string of the molecule is Cn1c2c(c(=O)n(C)c1=O)[C@@H](c1ccc(Br)cc1)C1=C(N2)c2ccccc2C1=O. The van der Waals surface area contributed by atoms with Crippen molar-refractivity contribution in [1.82, 2.24) is 9.13 Å². The van der Waals surface area contributed by atoms with E-state index in [4.69, 9.17) is 0 Å². The first kappa shape index (κ1) is 17.9. The van der Waals surface area contributed by atoms with E-state index in [0.717, 1.165) is 20.2 Å². The number of allylic oxidation sites excluding steroid dienone is 1. The number of anilines is 1. The number of Topliss-reactive ketones (excluding diaryl/α,β-unsaturated/α-hetero) is 1. The molecular formula is C22H16BrN3O3. The third kappa shape index (κ3) is 2.37. The number of fused-ring (bicyclic) bond motifs is 3. The first-order valence-electron chi connectivity index (χ1n) is 9.10. The summed E-state index contributed by atoms with van der Waals surface area (Å²) in [7, 11) is 3.08. The summed E-state index contributed by atoms with van der Waals surface area (Å²) in [6.07, 6.45) is 0. The van der Waals surface area contributed by atoms with Crippen molar-refractivity contribution in [2.45, 2.75) is 5.92 Å². The van der Waals surface area contributed by atoms with E-state index < -0.39 is 17.2 Å². The number of carbonyl (C=O) groups is 1. The van der Waals surface area contributed by atoms with Crippen LogP contribution in [0, 0.1) is 0 Å². The van der Waals surface area contributed by atoms with Crippen LogP contribution in [0.2, 0.25) is 0 Å². The molecule has 0 unspecified atom stereocenters. The summed E-state index contributed by atoms with van der Waals surface area (Å²) in [5.74, 6) is -0.244. The fourth-order valence-electron chi connectivity index (χ4n) is 4.25. The van der Waals surface area contributed by atoms with E-state index in [-0.39, 0.29) is 5.78 Å². The highest BCUT2D eigenvalue weighted by atomic mass is 79.9. The Labute approximate surface area is 174 Å². The highest BCUT2D eigenvalue weighted by Crippen LogP contribution is 2.47. The zero-order valence-corrected chi connectivity index (χ0v) is 17.3. The number of benzene rings is 2. The molecule has 1 N–H and O–H groups in total. The number of rotatable bonds is 1. The van der Waals surface area contributed by atoms with Gasteiger partial charge in [0.15, 0.2) is 5.78 Å². The maximum atomic E-state index is 13.4. The number of aromatic nitrogens is 2. The zero-order chi connectivity index (χ0) is 20.4. The maximum Gasteiger partial charge on any atom is 0.332 e. The molecule has 0 radical (unpaired) electrons. The quantitative estimate of drug-likeness (QED) is 0.619. The molecule has 7 heteroatoms. The van der Waals surface area contributed by atoms with Crippen molar-refractivity contribution in [3.05, 3.63) is 102 Å². The summed E-state index contributed by atoms with van der Waals surface area (Å²) in [6, 6.07) is 14.9. The Balaban J connectivity index is 1.89. The number of carbonyl (C=O) groups excluding carboxylic acids is 1. The lowest BCUT2D eigenvalue weighted by Gasteiger charge is -2.29. The molecule has 1 aromatic heterocycles. The van der Waals surface area contributed by atoms with Gasteiger partial charge in [0.05, 0.1) is 11.3 Å². The molecule has 29 heavy (non-hydrogen) atoms. The molecular weight excluding hydrogens is 434 g/mol. The van der Waals surface area contributed by atoms with Crippen LogP contribution < -0.4 is 16.6 Å². The molecule has 5 rings (SSSR count). The van der Waals surface area contributed by atoms with Gasteiger partial charge in [-0.3, -0.25) is 18.7 Å². The lowest BCUT2D eigenvalue weighted by Crippen LogP contribution is -2.42. The number of nitrogens with zero attached hydrogens (tertiary/aromatic N) is 2. The molecule has 3 aromatic rings. The Morgan fingerprint density at radius 1 is 0.897 bits per heavy atom. The van der Waals surface area contributed by atoms with Gasteiger partial charge in [-0.2, -0.15) is 0 Å². The van der Waals surface area contributed by atoms with E-state index in [2.05, 4.69) is 21.2 Å². The van der Waals surface area contributed by atoms with Crippen LogP contribution in [0.25, 0.3) is 5.70 Å². The largest absolute Gasteiger partial charge is 0.340 e. The number of ketones is 1. The van der Waals surface area contributed by atoms with Crippen molar-refractivity contribution >= 4 is 33.2 Å². The average molecular weight is 450 g/mol. The molecule has 0 saturated heterocycles. The van der Waals surface area contributed by atoms with E-state index in [1.807, 2.05) is 42.5 Å². The van der Waals surface area contributed by atoms with Crippen molar-refractivity contribution in [2.75, 3.05) is 5.32 Å². The van der Waals surface area contributed by atoms with Gasteiger partial charge in [0.1, 0.15) is 5.82 Å². The highest BCUT2D eigenvalue weighted by Gasteiger charge is 2.42. The predicted octanol–water partition coefficient (Wildman–Crippen LogP) is 3.01. The molecule has 144 valence electrons. The van der Waals surface area contributed by atoms with E-state index >= 15 is 0 Å². The first-order valence-corrected chi connectivity index (χ1v) is 9.90. The van der Waals surface area contributed by atoms with E-state index in [1.54, 1.807) is 13.1 Å². The van der Waals surface area contributed by atoms with Crippen LogP contribution in [-0.4, -0.2) is 14.9 Å². The van der Waals surface area contributed by atoms with Gasteiger partial charge in [0, 0.05) is 41.2 Å². The molecule has 0 amide bonds. The zero-order valence-electron chi connectivity index (χ0n) is 15.7. The highest BCUT2D eigenvalue weighted by molar-refractivity contribution is 9.10. The summed E-state index contributed by atoms with van der Waals surface area (Å²) in [6.45, 7) is 0. The predicted molar refractivity (Wildman–Crippen MR) is 114 cm³/mol. The van der Waals surface area contributed by atoms with Crippen molar-refractivity contribution in [1.29, 1.82) is 0 Å². The number of nitrogens with one attached hydrogen (secondary N) is 1. The molecule has 6 nitrogen and oxygen atoms in total. The fourth-order valence-corrected chi connectivity index (χ4v) is 4.51. The molecule has 0 fully saturated rings. The van der Waals surface area contributed by atoms with Gasteiger partial charge >= 0.3 is 5.69 Å². The number of halogens is 1. The Morgan fingerprint density at radius 2 is 1.55 bits per heavy atom. The summed E-state index contributed by atoms with van der Waals surface area (Å²) >= 11 is 3.44. The summed E-state index contributed by atoms with van der Waals surface area (Å²) < 4.78 is 3.42. The lowest BCUT2D eigenvalue weighted by molar-refractivity contribution is 0.103. The Morgan fingerprint density at radius 3 is 2.24 bits per heavy atom. The molecule has 1 aliphatic heterocycles. The van der Waals surface area contributed by atoms with Gasteiger partial charge in [-0.1, -0.05) is 52.3 Å². The maximum absolute atomic E-state index is 13.4. The fraction of sp³-hybridized carbons (Fsp3) is 0.136. The molecule has 0 spiro atoms. The van der Waals surface area contributed by atoms with Crippen molar-refractivity contribution in [3.8, 4) is 0 Å². The minimum atomic E-state index is -0.570. The molecule has 2 heterocycles. The van der Waals surface area contributed by atoms with Crippen LogP contribution in [0.4, 0.5) is 5.82 Å². The average Bonchev–Trinajstić information content (AvgIpc) is 3.02. The molecule has 2 aromatic carbocycles. The van der Waals surface area contributed by atoms with Gasteiger partial charge in [0.2, 0.25) is 0 Å². The summed E-state index contributed by atoms with van der Waals surface area (Å²) in [4.78, 5) is 39.1. The van der Waals surface area contributed by atoms with Crippen LogP contribution in [0.3, 0.4) is 0 Å².